The summed E-state index contributed by atoms with van der Waals surface area (Å²) in [5, 5.41) is 4.10. The predicted molar refractivity (Wildman–Crippen MR) is 88.5 cm³/mol. The normalized spacial score (nSPS) is 19.4. The van der Waals surface area contributed by atoms with Crippen LogP contribution < -0.4 is 10.1 Å². The van der Waals surface area contributed by atoms with Crippen molar-refractivity contribution in [3.05, 3.63) is 41.7 Å². The largest absolute Gasteiger partial charge is 0.493 e. The molecule has 2 aliphatic heterocycles. The molecule has 1 aromatic carbocycles. The highest BCUT2D eigenvalue weighted by Gasteiger charge is 2.24. The highest BCUT2D eigenvalue weighted by Crippen LogP contribution is 2.27. The van der Waals surface area contributed by atoms with E-state index in [1.165, 1.54) is 0 Å². The minimum atomic E-state index is -0.0394. The minimum absolute atomic E-state index is 0.0394. The number of rotatable bonds is 3. The Kier molecular flexibility index (Phi) is 3.99. The molecule has 1 amide bonds. The minimum Gasteiger partial charge on any atom is -0.493 e. The van der Waals surface area contributed by atoms with Crippen LogP contribution in [0.5, 0.6) is 5.75 Å². The van der Waals surface area contributed by atoms with Gasteiger partial charge in [-0.15, -0.1) is 0 Å². The number of hydrogen-bond acceptors (Lipinski definition) is 4. The number of benzene rings is 1. The van der Waals surface area contributed by atoms with Gasteiger partial charge in [0.2, 0.25) is 5.91 Å². The number of ether oxygens (including phenoxy) is 1. The number of carbonyl (C=O) groups excluding carboxylic acids is 1. The second kappa shape index (κ2) is 6.28. The summed E-state index contributed by atoms with van der Waals surface area (Å²) in [5.41, 5.74) is 2.05. The van der Waals surface area contributed by atoms with Crippen molar-refractivity contribution in [2.75, 3.05) is 12.4 Å². The first kappa shape index (κ1) is 14.6. The van der Waals surface area contributed by atoms with Gasteiger partial charge in [0.1, 0.15) is 5.75 Å². The molecule has 1 atom stereocenters. The number of imidazole rings is 1. The molecule has 0 spiro atoms. The Balaban J connectivity index is 1.38. The Labute approximate surface area is 139 Å². The number of fused-ring (bicyclic) bond motifs is 2. The Morgan fingerprint density at radius 1 is 1.43 bits per heavy atom. The van der Waals surface area contributed by atoms with Crippen LogP contribution in [-0.4, -0.2) is 27.8 Å². The number of carbonyl (C=O) groups is 1. The van der Waals surface area contributed by atoms with E-state index in [0.717, 1.165) is 47.3 Å². The first-order valence-corrected chi connectivity index (χ1v) is 8.95. The third kappa shape index (κ3) is 3.08. The Morgan fingerprint density at radius 3 is 3.26 bits per heavy atom. The van der Waals surface area contributed by atoms with Gasteiger partial charge in [0.05, 0.1) is 18.8 Å². The van der Waals surface area contributed by atoms with Gasteiger partial charge in [0, 0.05) is 24.4 Å². The van der Waals surface area contributed by atoms with E-state index in [9.17, 15) is 4.79 Å². The van der Waals surface area contributed by atoms with Crippen LogP contribution in [0.4, 0.5) is 0 Å². The van der Waals surface area contributed by atoms with Crippen molar-refractivity contribution in [1.82, 2.24) is 14.9 Å². The number of hydrogen-bond donors (Lipinski definition) is 1. The fourth-order valence-electron chi connectivity index (χ4n) is 3.08. The van der Waals surface area contributed by atoms with Crippen molar-refractivity contribution < 1.29 is 9.53 Å². The molecule has 5 nitrogen and oxygen atoms in total. The van der Waals surface area contributed by atoms with E-state index in [2.05, 4.69) is 14.9 Å². The Morgan fingerprint density at radius 2 is 2.35 bits per heavy atom. The lowest BCUT2D eigenvalue weighted by molar-refractivity contribution is -0.125. The molecule has 0 bridgehead atoms. The van der Waals surface area contributed by atoms with Gasteiger partial charge in [-0.25, -0.2) is 4.98 Å². The number of thioether (sulfide) groups is 1. The highest BCUT2D eigenvalue weighted by atomic mass is 32.2. The third-order valence-electron chi connectivity index (χ3n) is 4.33. The summed E-state index contributed by atoms with van der Waals surface area (Å²) in [5.74, 6) is 2.05. The molecule has 0 fully saturated rings. The zero-order chi connectivity index (χ0) is 15.6. The number of para-hydroxylation sites is 1. The highest BCUT2D eigenvalue weighted by molar-refractivity contribution is 7.99. The van der Waals surface area contributed by atoms with E-state index in [1.807, 2.05) is 30.5 Å². The quantitative estimate of drug-likeness (QED) is 0.938. The third-order valence-corrected chi connectivity index (χ3v) is 5.30. The molecule has 6 heteroatoms. The van der Waals surface area contributed by atoms with Crippen LogP contribution in [0.25, 0.3) is 0 Å². The number of aryl methyl sites for hydroxylation is 1. The summed E-state index contributed by atoms with van der Waals surface area (Å²) in [6.07, 6.45) is 3.52. The van der Waals surface area contributed by atoms with Gasteiger partial charge in [-0.2, -0.15) is 0 Å². The van der Waals surface area contributed by atoms with E-state index in [4.69, 9.17) is 4.74 Å². The van der Waals surface area contributed by atoms with Gasteiger partial charge in [-0.3, -0.25) is 4.79 Å². The predicted octanol–water partition coefficient (Wildman–Crippen LogP) is 2.25. The number of aromatic nitrogens is 2. The molecule has 1 aromatic heterocycles. The van der Waals surface area contributed by atoms with E-state index < -0.39 is 0 Å². The standard InChI is InChI=1S/C17H19N3O2S/c21-16(18-10-14-11-20-6-8-23-17(20)19-14)13-5-7-22-15-4-2-1-3-12(15)9-13/h1-4,11,13H,5-10H2,(H,18,21)/t13-/m0/s1. The SMILES string of the molecule is O=C(NCc1cn2c(n1)SCC2)[C@H]1CCOc2ccccc2C1. The average Bonchev–Trinajstić information content (AvgIpc) is 3.07. The lowest BCUT2D eigenvalue weighted by atomic mass is 9.96. The van der Waals surface area contributed by atoms with Gasteiger partial charge in [-0.05, 0) is 24.5 Å². The van der Waals surface area contributed by atoms with Crippen LogP contribution in [0, 0.1) is 5.92 Å². The molecular formula is C17H19N3O2S. The molecule has 2 aromatic rings. The fourth-order valence-corrected chi connectivity index (χ4v) is 4.05. The van der Waals surface area contributed by atoms with Crippen LogP contribution in [0.3, 0.4) is 0 Å². The number of nitrogens with one attached hydrogen (secondary N) is 1. The summed E-state index contributed by atoms with van der Waals surface area (Å²) < 4.78 is 7.89. The summed E-state index contributed by atoms with van der Waals surface area (Å²) in [4.78, 5) is 17.1. The first-order valence-electron chi connectivity index (χ1n) is 7.97. The topological polar surface area (TPSA) is 56.2 Å². The van der Waals surface area contributed by atoms with Crippen LogP contribution in [0.1, 0.15) is 17.7 Å². The first-order chi connectivity index (χ1) is 11.3. The van der Waals surface area contributed by atoms with Crippen molar-refractivity contribution in [2.24, 2.45) is 5.92 Å². The summed E-state index contributed by atoms with van der Waals surface area (Å²) in [7, 11) is 0. The van der Waals surface area contributed by atoms with Crippen LogP contribution >= 0.6 is 11.8 Å². The van der Waals surface area contributed by atoms with Crippen LogP contribution in [-0.2, 0) is 24.3 Å². The average molecular weight is 329 g/mol. The summed E-state index contributed by atoms with van der Waals surface area (Å²) in [6, 6.07) is 7.97. The fraction of sp³-hybridized carbons (Fsp3) is 0.412. The Hall–Kier alpha value is -1.95. The molecule has 0 unspecified atom stereocenters. The maximum atomic E-state index is 12.5. The molecule has 0 saturated carbocycles. The van der Waals surface area contributed by atoms with Gasteiger partial charge in [-0.1, -0.05) is 30.0 Å². The van der Waals surface area contributed by atoms with Gasteiger partial charge >= 0.3 is 0 Å². The summed E-state index contributed by atoms with van der Waals surface area (Å²) in [6.45, 7) is 2.10. The molecule has 2 aliphatic rings. The molecule has 23 heavy (non-hydrogen) atoms. The molecule has 0 radical (unpaired) electrons. The lowest BCUT2D eigenvalue weighted by Crippen LogP contribution is -2.32. The maximum Gasteiger partial charge on any atom is 0.223 e. The molecular weight excluding hydrogens is 310 g/mol. The van der Waals surface area contributed by atoms with Crippen molar-refractivity contribution in [2.45, 2.75) is 31.1 Å². The van der Waals surface area contributed by atoms with Crippen molar-refractivity contribution in [1.29, 1.82) is 0 Å². The zero-order valence-electron chi connectivity index (χ0n) is 12.8. The van der Waals surface area contributed by atoms with Crippen molar-refractivity contribution in [3.63, 3.8) is 0 Å². The van der Waals surface area contributed by atoms with Gasteiger partial charge in [0.15, 0.2) is 5.16 Å². The van der Waals surface area contributed by atoms with Gasteiger partial charge < -0.3 is 14.6 Å². The van der Waals surface area contributed by atoms with E-state index in [1.54, 1.807) is 11.8 Å². The van der Waals surface area contributed by atoms with Crippen LogP contribution in [0.15, 0.2) is 35.6 Å². The van der Waals surface area contributed by atoms with E-state index in [-0.39, 0.29) is 11.8 Å². The zero-order valence-corrected chi connectivity index (χ0v) is 13.6. The smallest absolute Gasteiger partial charge is 0.223 e. The van der Waals surface area contributed by atoms with Crippen molar-refractivity contribution in [3.8, 4) is 5.75 Å². The lowest BCUT2D eigenvalue weighted by Gasteiger charge is -2.13. The van der Waals surface area contributed by atoms with Crippen LogP contribution in [0.2, 0.25) is 0 Å². The number of amides is 1. The van der Waals surface area contributed by atoms with Crippen molar-refractivity contribution >= 4 is 17.7 Å². The summed E-state index contributed by atoms with van der Waals surface area (Å²) >= 11 is 1.77. The molecule has 4 rings (SSSR count). The van der Waals surface area contributed by atoms with E-state index >= 15 is 0 Å². The second-order valence-electron chi connectivity index (χ2n) is 5.92. The Bertz CT molecular complexity index is 707. The van der Waals surface area contributed by atoms with Gasteiger partial charge in [0.25, 0.3) is 0 Å². The molecule has 0 aliphatic carbocycles. The molecule has 1 N–H and O–H groups in total. The number of nitrogens with zero attached hydrogens (tertiary/aromatic N) is 2. The van der Waals surface area contributed by atoms with E-state index in [0.29, 0.717) is 13.2 Å². The molecule has 120 valence electrons. The maximum absolute atomic E-state index is 12.5. The monoisotopic (exact) mass is 329 g/mol. The molecule has 3 heterocycles. The second-order valence-corrected chi connectivity index (χ2v) is 6.98. The molecule has 0 saturated heterocycles.